The molecule has 0 aliphatic rings. The van der Waals surface area contributed by atoms with Gasteiger partial charge in [-0.3, -0.25) is 20.4 Å². The molecule has 5 nitrogen and oxygen atoms in total. The zero-order chi connectivity index (χ0) is 17.7. The molecule has 0 bridgehead atoms. The molecule has 0 saturated carbocycles. The van der Waals surface area contributed by atoms with Gasteiger partial charge in [0.15, 0.2) is 0 Å². The molecule has 2 amide bonds. The van der Waals surface area contributed by atoms with Crippen LogP contribution in [0, 0.1) is 6.92 Å². The van der Waals surface area contributed by atoms with Crippen LogP contribution in [-0.2, 0) is 4.79 Å². The van der Waals surface area contributed by atoms with E-state index in [0.717, 1.165) is 10.0 Å². The predicted molar refractivity (Wildman–Crippen MR) is 99.0 cm³/mol. The highest BCUT2D eigenvalue weighted by Crippen LogP contribution is 2.19. The first-order valence-electron chi connectivity index (χ1n) is 7.25. The molecule has 0 fully saturated rings. The molecule has 2 aromatic rings. The van der Waals surface area contributed by atoms with Gasteiger partial charge in [-0.15, -0.1) is 0 Å². The molecular weight excluding hydrogens is 394 g/mol. The van der Waals surface area contributed by atoms with Gasteiger partial charge < -0.3 is 5.32 Å². The zero-order valence-corrected chi connectivity index (χ0v) is 15.5. The Hall–Kier alpha value is -2.05. The van der Waals surface area contributed by atoms with E-state index in [1.807, 2.05) is 13.0 Å². The average Bonchev–Trinajstić information content (AvgIpc) is 2.56. The monoisotopic (exact) mass is 409 g/mol. The minimum atomic E-state index is -0.699. The number of amides is 2. The third kappa shape index (κ3) is 4.97. The Balaban J connectivity index is 1.88. The summed E-state index contributed by atoms with van der Waals surface area (Å²) in [6.07, 6.45) is 0. The highest BCUT2D eigenvalue weighted by Gasteiger charge is 2.16. The number of carbonyl (C=O) groups is 2. The van der Waals surface area contributed by atoms with E-state index in [2.05, 4.69) is 32.1 Å². The van der Waals surface area contributed by atoms with Crippen LogP contribution in [0.15, 0.2) is 46.9 Å². The number of aryl methyl sites for hydroxylation is 1. The van der Waals surface area contributed by atoms with Gasteiger partial charge in [-0.1, -0.05) is 33.6 Å². The van der Waals surface area contributed by atoms with Gasteiger partial charge in [-0.25, -0.2) is 0 Å². The number of anilines is 1. The Morgan fingerprint density at radius 3 is 2.42 bits per heavy atom. The van der Waals surface area contributed by atoms with E-state index < -0.39 is 6.04 Å². The van der Waals surface area contributed by atoms with Gasteiger partial charge in [0.25, 0.3) is 11.8 Å². The van der Waals surface area contributed by atoms with Crippen LogP contribution >= 0.6 is 27.5 Å². The molecule has 0 unspecified atom stereocenters. The van der Waals surface area contributed by atoms with Crippen molar-refractivity contribution in [1.29, 1.82) is 0 Å². The number of benzene rings is 2. The lowest BCUT2D eigenvalue weighted by molar-refractivity contribution is -0.122. The number of nitrogens with one attached hydrogen (secondary N) is 3. The normalized spacial score (nSPS) is 11.5. The van der Waals surface area contributed by atoms with Crippen molar-refractivity contribution in [1.82, 2.24) is 10.7 Å². The molecule has 0 heterocycles. The van der Waals surface area contributed by atoms with Crippen molar-refractivity contribution in [3.63, 3.8) is 0 Å². The Morgan fingerprint density at radius 2 is 1.79 bits per heavy atom. The maximum atomic E-state index is 12.1. The molecule has 2 rings (SSSR count). The summed E-state index contributed by atoms with van der Waals surface area (Å²) in [7, 11) is 0. The van der Waals surface area contributed by atoms with Crippen LogP contribution in [-0.4, -0.2) is 17.9 Å². The van der Waals surface area contributed by atoms with Gasteiger partial charge in [0.05, 0.1) is 5.69 Å². The minimum Gasteiger partial charge on any atom is -0.340 e. The molecule has 0 saturated heterocycles. The fourth-order valence-electron chi connectivity index (χ4n) is 1.86. The second kappa shape index (κ2) is 8.17. The number of hydrazine groups is 1. The molecule has 24 heavy (non-hydrogen) atoms. The van der Waals surface area contributed by atoms with E-state index >= 15 is 0 Å². The van der Waals surface area contributed by atoms with Crippen LogP contribution in [0.1, 0.15) is 22.8 Å². The zero-order valence-electron chi connectivity index (χ0n) is 13.2. The lowest BCUT2D eigenvalue weighted by Crippen LogP contribution is -2.46. The summed E-state index contributed by atoms with van der Waals surface area (Å²) < 4.78 is 0.880. The molecular formula is C17H17BrClN3O2. The first-order valence-corrected chi connectivity index (χ1v) is 8.42. The van der Waals surface area contributed by atoms with Gasteiger partial charge in [0.2, 0.25) is 0 Å². The lowest BCUT2D eigenvalue weighted by Gasteiger charge is -2.15. The van der Waals surface area contributed by atoms with E-state index in [-0.39, 0.29) is 11.8 Å². The van der Waals surface area contributed by atoms with Crippen molar-refractivity contribution < 1.29 is 9.59 Å². The average molecular weight is 411 g/mol. The second-order valence-corrected chi connectivity index (χ2v) is 6.60. The Labute approximate surface area is 153 Å². The van der Waals surface area contributed by atoms with Crippen LogP contribution in [0.2, 0.25) is 5.02 Å². The SMILES string of the molecule is Cc1ccc(NNC(=O)[C@H](C)NC(=O)c2ccc(Br)cc2)cc1Cl. The van der Waals surface area contributed by atoms with E-state index in [1.54, 1.807) is 43.3 Å². The Bertz CT molecular complexity index is 750. The third-order valence-electron chi connectivity index (χ3n) is 3.35. The van der Waals surface area contributed by atoms with Crippen molar-refractivity contribution in [3.8, 4) is 0 Å². The maximum Gasteiger partial charge on any atom is 0.260 e. The molecule has 0 aromatic heterocycles. The smallest absolute Gasteiger partial charge is 0.260 e. The lowest BCUT2D eigenvalue weighted by atomic mass is 10.2. The molecule has 126 valence electrons. The van der Waals surface area contributed by atoms with Gasteiger partial charge in [-0.2, -0.15) is 0 Å². The molecule has 0 radical (unpaired) electrons. The van der Waals surface area contributed by atoms with Crippen molar-refractivity contribution in [2.75, 3.05) is 5.43 Å². The molecule has 0 aliphatic heterocycles. The van der Waals surface area contributed by atoms with Crippen molar-refractivity contribution in [3.05, 3.63) is 63.1 Å². The van der Waals surface area contributed by atoms with Gasteiger partial charge >= 0.3 is 0 Å². The highest BCUT2D eigenvalue weighted by molar-refractivity contribution is 9.10. The molecule has 1 atom stereocenters. The molecule has 2 aromatic carbocycles. The third-order valence-corrected chi connectivity index (χ3v) is 4.29. The molecule has 0 aliphatic carbocycles. The quantitative estimate of drug-likeness (QED) is 0.659. The summed E-state index contributed by atoms with van der Waals surface area (Å²) in [4.78, 5) is 24.1. The Morgan fingerprint density at radius 1 is 1.12 bits per heavy atom. The first-order chi connectivity index (χ1) is 11.4. The summed E-state index contributed by atoms with van der Waals surface area (Å²) in [5, 5.41) is 3.24. The number of carbonyl (C=O) groups excluding carboxylic acids is 2. The van der Waals surface area contributed by atoms with Gasteiger partial charge in [0, 0.05) is 15.1 Å². The number of hydrogen-bond donors (Lipinski definition) is 3. The van der Waals surface area contributed by atoms with E-state index in [1.165, 1.54) is 0 Å². The summed E-state index contributed by atoms with van der Waals surface area (Å²) in [5.41, 5.74) is 7.40. The second-order valence-electron chi connectivity index (χ2n) is 5.28. The van der Waals surface area contributed by atoms with Crippen LogP contribution in [0.5, 0.6) is 0 Å². The topological polar surface area (TPSA) is 70.2 Å². The number of hydrogen-bond acceptors (Lipinski definition) is 3. The summed E-state index contributed by atoms with van der Waals surface area (Å²) in [5.74, 6) is -0.680. The fourth-order valence-corrected chi connectivity index (χ4v) is 2.30. The largest absolute Gasteiger partial charge is 0.340 e. The van der Waals surface area contributed by atoms with Crippen LogP contribution < -0.4 is 16.2 Å². The van der Waals surface area contributed by atoms with E-state index in [9.17, 15) is 9.59 Å². The van der Waals surface area contributed by atoms with Crippen LogP contribution in [0.4, 0.5) is 5.69 Å². The van der Waals surface area contributed by atoms with Crippen molar-refractivity contribution in [2.45, 2.75) is 19.9 Å². The first kappa shape index (κ1) is 18.3. The molecule has 3 N–H and O–H groups in total. The summed E-state index contributed by atoms with van der Waals surface area (Å²) >= 11 is 9.33. The van der Waals surface area contributed by atoms with Crippen LogP contribution in [0.3, 0.4) is 0 Å². The number of halogens is 2. The Kier molecular flexibility index (Phi) is 6.23. The fraction of sp³-hybridized carbons (Fsp3) is 0.176. The predicted octanol–water partition coefficient (Wildman–Crippen LogP) is 3.67. The van der Waals surface area contributed by atoms with Crippen molar-refractivity contribution >= 4 is 45.0 Å². The van der Waals surface area contributed by atoms with E-state index in [0.29, 0.717) is 16.3 Å². The molecule has 0 spiro atoms. The number of rotatable bonds is 5. The van der Waals surface area contributed by atoms with Gasteiger partial charge in [0.1, 0.15) is 6.04 Å². The summed E-state index contributed by atoms with van der Waals surface area (Å²) in [6.45, 7) is 3.50. The molecule has 7 heteroatoms. The van der Waals surface area contributed by atoms with Crippen LogP contribution in [0.25, 0.3) is 0 Å². The van der Waals surface area contributed by atoms with Gasteiger partial charge in [-0.05, 0) is 55.8 Å². The minimum absolute atomic E-state index is 0.316. The van der Waals surface area contributed by atoms with E-state index in [4.69, 9.17) is 11.6 Å². The van der Waals surface area contributed by atoms with Crippen molar-refractivity contribution in [2.24, 2.45) is 0 Å². The summed E-state index contributed by atoms with van der Waals surface area (Å²) in [6, 6.07) is 11.5. The highest BCUT2D eigenvalue weighted by atomic mass is 79.9. The maximum absolute atomic E-state index is 12.1. The standard InChI is InChI=1S/C17H17BrClN3O2/c1-10-3-8-14(9-15(10)19)21-22-16(23)11(2)20-17(24)12-4-6-13(18)7-5-12/h3-9,11,21H,1-2H3,(H,20,24)(H,22,23)/t11-/m0/s1.